The minimum atomic E-state index is -5.47. The van der Waals surface area contributed by atoms with Gasteiger partial charge in [0.1, 0.15) is 0 Å². The van der Waals surface area contributed by atoms with Gasteiger partial charge in [-0.25, -0.2) is 0 Å². The summed E-state index contributed by atoms with van der Waals surface area (Å²) < 4.78 is 60.3. The molecule has 0 heterocycles. The quantitative estimate of drug-likeness (QED) is 0.387. The minimum absolute atomic E-state index is 0.154. The predicted octanol–water partition coefficient (Wildman–Crippen LogP) is 0.699. The van der Waals surface area contributed by atoms with Crippen molar-refractivity contribution in [3.63, 3.8) is 0 Å². The number of nitrogens with two attached hydrogens (primary N) is 2. The second kappa shape index (κ2) is 7.14. The van der Waals surface area contributed by atoms with Crippen LogP contribution in [-0.2, 0) is 14.3 Å². The Bertz CT molecular complexity index is 306. The van der Waals surface area contributed by atoms with Crippen LogP contribution < -0.4 is 11.5 Å². The zero-order valence-corrected chi connectivity index (χ0v) is 10.1. The first kappa shape index (κ1) is 16.6. The highest BCUT2D eigenvalue weighted by Crippen LogP contribution is 2.24. The van der Waals surface area contributed by atoms with E-state index in [-0.39, 0.29) is 12.5 Å². The van der Waals surface area contributed by atoms with E-state index >= 15 is 0 Å². The molecule has 0 saturated heterocycles. The lowest BCUT2D eigenvalue weighted by atomic mass is 10.1. The van der Waals surface area contributed by atoms with Gasteiger partial charge in [-0.05, 0) is 32.2 Å². The fraction of sp³-hybridized carbons (Fsp3) is 1.00. The summed E-state index contributed by atoms with van der Waals surface area (Å²) in [4.78, 5) is 0. The molecule has 1 atom stereocenters. The van der Waals surface area contributed by atoms with Crippen LogP contribution in [0.5, 0.6) is 0 Å². The van der Waals surface area contributed by atoms with Crippen molar-refractivity contribution in [1.82, 2.24) is 0 Å². The third-order valence-corrected chi connectivity index (χ3v) is 3.06. The highest BCUT2D eigenvalue weighted by Gasteiger charge is 2.47. The summed E-state index contributed by atoms with van der Waals surface area (Å²) in [6.45, 7) is -0.0230. The molecule has 0 bridgehead atoms. The Hall–Kier alpha value is -0.380. The van der Waals surface area contributed by atoms with Gasteiger partial charge in [0, 0.05) is 6.04 Å². The monoisotopic (exact) mass is 278 g/mol. The molecule has 0 rings (SSSR count). The third kappa shape index (κ3) is 6.81. The number of alkyl halides is 3. The zero-order chi connectivity index (χ0) is 13.5. The van der Waals surface area contributed by atoms with Crippen LogP contribution in [0.3, 0.4) is 0 Å². The van der Waals surface area contributed by atoms with Gasteiger partial charge < -0.3 is 11.5 Å². The molecule has 0 radical (unpaired) electrons. The van der Waals surface area contributed by atoms with E-state index in [0.29, 0.717) is 19.4 Å². The van der Waals surface area contributed by atoms with E-state index in [1.165, 1.54) is 0 Å². The van der Waals surface area contributed by atoms with E-state index in [2.05, 4.69) is 4.18 Å². The lowest BCUT2D eigenvalue weighted by molar-refractivity contribution is -0.0543. The van der Waals surface area contributed by atoms with E-state index < -0.39 is 22.2 Å². The van der Waals surface area contributed by atoms with Crippen LogP contribution in [0.15, 0.2) is 0 Å². The molecule has 0 amide bonds. The maximum absolute atomic E-state index is 11.8. The number of hydrogen-bond acceptors (Lipinski definition) is 5. The van der Waals surface area contributed by atoms with Gasteiger partial charge in [0.05, 0.1) is 6.61 Å². The average Bonchev–Trinajstić information content (AvgIpc) is 2.20. The molecule has 5 nitrogen and oxygen atoms in total. The fourth-order valence-electron chi connectivity index (χ4n) is 1.11. The Morgan fingerprint density at radius 3 is 2.18 bits per heavy atom. The minimum Gasteiger partial charge on any atom is -0.330 e. The van der Waals surface area contributed by atoms with Gasteiger partial charge in [0.15, 0.2) is 0 Å². The van der Waals surface area contributed by atoms with Crippen LogP contribution in [0.1, 0.15) is 25.7 Å². The maximum atomic E-state index is 11.8. The van der Waals surface area contributed by atoms with Gasteiger partial charge in [-0.15, -0.1) is 0 Å². The molecule has 0 aromatic rings. The molecule has 0 saturated carbocycles. The van der Waals surface area contributed by atoms with Crippen molar-refractivity contribution in [2.75, 3.05) is 13.2 Å². The van der Waals surface area contributed by atoms with Crippen LogP contribution in [-0.4, -0.2) is 33.1 Å². The molecular weight excluding hydrogens is 261 g/mol. The van der Waals surface area contributed by atoms with Crippen molar-refractivity contribution in [2.24, 2.45) is 11.5 Å². The van der Waals surface area contributed by atoms with Crippen LogP contribution in [0, 0.1) is 0 Å². The molecule has 9 heteroatoms. The summed E-state index contributed by atoms with van der Waals surface area (Å²) in [5.74, 6) is 0. The topological polar surface area (TPSA) is 95.4 Å². The first-order valence-electron chi connectivity index (χ1n) is 5.12. The van der Waals surface area contributed by atoms with E-state index in [0.717, 1.165) is 6.42 Å². The van der Waals surface area contributed by atoms with Crippen molar-refractivity contribution in [3.8, 4) is 0 Å². The summed E-state index contributed by atoms with van der Waals surface area (Å²) in [5.41, 5.74) is 5.50. The van der Waals surface area contributed by atoms with Gasteiger partial charge in [-0.1, -0.05) is 0 Å². The van der Waals surface area contributed by atoms with E-state index in [1.807, 2.05) is 0 Å². The van der Waals surface area contributed by atoms with Crippen LogP contribution in [0.25, 0.3) is 0 Å². The Morgan fingerprint density at radius 1 is 1.18 bits per heavy atom. The number of hydrogen-bond donors (Lipinski definition) is 2. The molecule has 0 aliphatic rings. The summed E-state index contributed by atoms with van der Waals surface area (Å²) in [5, 5.41) is 0. The molecule has 0 fully saturated rings. The molecular formula is C8H17F3N2O3S. The fourth-order valence-corrected chi connectivity index (χ4v) is 1.58. The SMILES string of the molecule is NCCCC(N)CCCOS(=O)(=O)C(F)(F)F. The highest BCUT2D eigenvalue weighted by molar-refractivity contribution is 7.87. The molecule has 0 aliphatic carbocycles. The van der Waals surface area contributed by atoms with E-state index in [9.17, 15) is 21.6 Å². The number of rotatable bonds is 8. The Balaban J connectivity index is 3.79. The third-order valence-electron chi connectivity index (χ3n) is 2.02. The average molecular weight is 278 g/mol. The van der Waals surface area contributed by atoms with Crippen molar-refractivity contribution >= 4 is 10.1 Å². The molecule has 17 heavy (non-hydrogen) atoms. The van der Waals surface area contributed by atoms with Crippen LogP contribution in [0.4, 0.5) is 13.2 Å². The predicted molar refractivity (Wildman–Crippen MR) is 56.4 cm³/mol. The van der Waals surface area contributed by atoms with E-state index in [4.69, 9.17) is 11.5 Å². The Labute approximate surface area is 98.4 Å². The molecule has 0 spiro atoms. The summed E-state index contributed by atoms with van der Waals surface area (Å²) in [7, 11) is -5.47. The highest BCUT2D eigenvalue weighted by atomic mass is 32.2. The van der Waals surface area contributed by atoms with Gasteiger partial charge in [0.25, 0.3) is 0 Å². The number of halogens is 3. The van der Waals surface area contributed by atoms with Crippen molar-refractivity contribution < 1.29 is 25.8 Å². The Kier molecular flexibility index (Phi) is 6.98. The van der Waals surface area contributed by atoms with E-state index in [1.54, 1.807) is 0 Å². The van der Waals surface area contributed by atoms with Crippen molar-refractivity contribution in [1.29, 1.82) is 0 Å². The summed E-state index contributed by atoms with van der Waals surface area (Å²) in [6, 6.07) is -0.198. The molecule has 0 aromatic carbocycles. The molecule has 104 valence electrons. The first-order valence-corrected chi connectivity index (χ1v) is 6.53. The Morgan fingerprint density at radius 2 is 1.71 bits per heavy atom. The standard InChI is InChI=1S/C8H17F3N2O3S/c9-8(10,11)17(14,15)16-6-2-4-7(13)3-1-5-12/h7H,1-6,12-13H2. The van der Waals surface area contributed by atoms with Gasteiger partial charge in [0.2, 0.25) is 0 Å². The largest absolute Gasteiger partial charge is 0.523 e. The maximum Gasteiger partial charge on any atom is 0.523 e. The van der Waals surface area contributed by atoms with Gasteiger partial charge >= 0.3 is 15.6 Å². The van der Waals surface area contributed by atoms with Crippen molar-refractivity contribution in [2.45, 2.75) is 37.2 Å². The molecule has 0 aromatic heterocycles. The second-order valence-electron chi connectivity index (χ2n) is 3.56. The van der Waals surface area contributed by atoms with Crippen molar-refractivity contribution in [3.05, 3.63) is 0 Å². The van der Waals surface area contributed by atoms with Crippen LogP contribution >= 0.6 is 0 Å². The molecule has 4 N–H and O–H groups in total. The first-order chi connectivity index (χ1) is 7.70. The lowest BCUT2D eigenvalue weighted by Gasteiger charge is -2.11. The van der Waals surface area contributed by atoms with Crippen LogP contribution in [0.2, 0.25) is 0 Å². The summed E-state index contributed by atoms with van der Waals surface area (Å²) in [6.07, 6.45) is 1.93. The normalized spacial score (nSPS) is 14.9. The summed E-state index contributed by atoms with van der Waals surface area (Å²) >= 11 is 0. The van der Waals surface area contributed by atoms with Gasteiger partial charge in [-0.2, -0.15) is 21.6 Å². The molecule has 0 aliphatic heterocycles. The zero-order valence-electron chi connectivity index (χ0n) is 9.24. The smallest absolute Gasteiger partial charge is 0.330 e. The molecule has 1 unspecified atom stereocenters. The second-order valence-corrected chi connectivity index (χ2v) is 5.16. The lowest BCUT2D eigenvalue weighted by Crippen LogP contribution is -2.26. The van der Waals surface area contributed by atoms with Gasteiger partial charge in [-0.3, -0.25) is 4.18 Å².